The maximum absolute atomic E-state index is 13.4. The second-order valence-corrected chi connectivity index (χ2v) is 10.1. The average molecular weight is 539 g/mol. The molecule has 1 atom stereocenters. The fourth-order valence-corrected chi connectivity index (χ4v) is 5.19. The number of anilines is 1. The van der Waals surface area contributed by atoms with Gasteiger partial charge in [0.05, 0.1) is 16.6 Å². The number of amides is 1. The number of pyridine rings is 1. The van der Waals surface area contributed by atoms with Crippen molar-refractivity contribution < 1.29 is 19.8 Å². The molecule has 11 heteroatoms. The Labute approximate surface area is 222 Å². The molecule has 3 heterocycles. The van der Waals surface area contributed by atoms with Crippen molar-refractivity contribution in [2.45, 2.75) is 31.8 Å². The van der Waals surface area contributed by atoms with E-state index >= 15 is 0 Å². The lowest BCUT2D eigenvalue weighted by Crippen LogP contribution is -2.29. The summed E-state index contributed by atoms with van der Waals surface area (Å²) >= 11 is 6.51. The van der Waals surface area contributed by atoms with Gasteiger partial charge in [0.2, 0.25) is 0 Å². The molecule has 1 aromatic carbocycles. The number of aromatic nitrogens is 2. The number of nitrogens with zero attached hydrogens (tertiary/aromatic N) is 3. The summed E-state index contributed by atoms with van der Waals surface area (Å²) in [5.41, 5.74) is 0.973. The third kappa shape index (κ3) is 6.43. The van der Waals surface area contributed by atoms with Gasteiger partial charge in [-0.15, -0.1) is 0 Å². The van der Waals surface area contributed by atoms with Crippen LogP contribution < -0.4 is 10.9 Å². The van der Waals surface area contributed by atoms with E-state index in [1.165, 1.54) is 15.4 Å². The normalized spacial score (nSPS) is 15.5. The maximum atomic E-state index is 13.4. The zero-order chi connectivity index (χ0) is 26.4. The number of nitrogens with one attached hydrogen (secondary N) is 1. The summed E-state index contributed by atoms with van der Waals surface area (Å²) in [7, 11) is 0. The minimum atomic E-state index is -0.843. The van der Waals surface area contributed by atoms with E-state index in [9.17, 15) is 19.5 Å². The van der Waals surface area contributed by atoms with E-state index in [0.717, 1.165) is 17.3 Å². The molecule has 2 aromatic heterocycles. The van der Waals surface area contributed by atoms with Crippen LogP contribution in [0.4, 0.5) is 5.82 Å². The van der Waals surface area contributed by atoms with Crippen LogP contribution in [-0.4, -0.2) is 53.8 Å². The molecule has 1 unspecified atom stereocenters. The fourth-order valence-electron chi connectivity index (χ4n) is 3.90. The van der Waals surface area contributed by atoms with Crippen molar-refractivity contribution in [3.63, 3.8) is 0 Å². The van der Waals surface area contributed by atoms with Crippen molar-refractivity contribution in [1.29, 1.82) is 0 Å². The number of carbonyl (C=O) groups excluding carboxylic acids is 1. The van der Waals surface area contributed by atoms with Crippen LogP contribution in [0.15, 0.2) is 64.4 Å². The molecule has 9 nitrogen and oxygen atoms in total. The van der Waals surface area contributed by atoms with Crippen LogP contribution in [-0.2, 0) is 9.59 Å². The number of aliphatic carboxylic acids is 1. The quantitative estimate of drug-likeness (QED) is 0.190. The number of fused-ring (bicyclic) bond motifs is 1. The van der Waals surface area contributed by atoms with Crippen molar-refractivity contribution in [2.24, 2.45) is 0 Å². The van der Waals surface area contributed by atoms with Gasteiger partial charge in [-0.2, -0.15) is 0 Å². The topological polar surface area (TPSA) is 124 Å². The molecule has 3 aromatic rings. The highest BCUT2D eigenvalue weighted by Gasteiger charge is 2.32. The van der Waals surface area contributed by atoms with Crippen LogP contribution in [0, 0.1) is 0 Å². The van der Waals surface area contributed by atoms with Crippen molar-refractivity contribution in [3.05, 3.63) is 81.1 Å². The second-order valence-electron chi connectivity index (χ2n) is 8.45. The molecule has 0 radical (unpaired) electrons. The van der Waals surface area contributed by atoms with Gasteiger partial charge in [0, 0.05) is 25.7 Å². The lowest BCUT2D eigenvalue weighted by Gasteiger charge is -2.15. The van der Waals surface area contributed by atoms with Gasteiger partial charge in [-0.3, -0.25) is 23.7 Å². The molecule has 4 rings (SSSR count). The second kappa shape index (κ2) is 12.1. The van der Waals surface area contributed by atoms with Gasteiger partial charge in [-0.1, -0.05) is 66.8 Å². The van der Waals surface area contributed by atoms with E-state index in [1.807, 2.05) is 30.3 Å². The van der Waals surface area contributed by atoms with E-state index in [0.29, 0.717) is 40.7 Å². The molecule has 1 amide bonds. The molecular formula is C26H26N4O5S2. The maximum Gasteiger partial charge on any atom is 0.303 e. The number of rotatable bonds is 11. The first-order valence-corrected chi connectivity index (χ1v) is 13.0. The van der Waals surface area contributed by atoms with E-state index in [-0.39, 0.29) is 35.8 Å². The van der Waals surface area contributed by atoms with E-state index < -0.39 is 12.1 Å². The van der Waals surface area contributed by atoms with E-state index in [2.05, 4.69) is 10.3 Å². The van der Waals surface area contributed by atoms with Gasteiger partial charge in [0.25, 0.3) is 11.5 Å². The van der Waals surface area contributed by atoms with Crippen molar-refractivity contribution in [2.75, 3.05) is 18.4 Å². The first-order chi connectivity index (χ1) is 17.8. The standard InChI is InChI=1S/C26H26N4O5S2/c31-19(17-9-3-1-4-10-17)16-27-23-18(24(34)29-13-8-6-11-21(29)28-23)15-20-25(35)30(26(36)37-20)14-7-2-5-12-22(32)33/h1,3-4,6,8-11,13,15,19,27,31H,2,5,7,12,14,16H2,(H,32,33)/b20-15-. The van der Waals surface area contributed by atoms with Crippen LogP contribution in [0.2, 0.25) is 0 Å². The molecule has 192 valence electrons. The molecule has 0 spiro atoms. The Bertz CT molecular complexity index is 1410. The number of carbonyl (C=O) groups is 2. The predicted octanol–water partition coefficient (Wildman–Crippen LogP) is 3.69. The number of carboxylic acids is 1. The highest BCUT2D eigenvalue weighted by molar-refractivity contribution is 8.26. The van der Waals surface area contributed by atoms with Gasteiger partial charge in [0.15, 0.2) is 0 Å². The van der Waals surface area contributed by atoms with Gasteiger partial charge < -0.3 is 15.5 Å². The molecular weight excluding hydrogens is 512 g/mol. The molecule has 1 saturated heterocycles. The summed E-state index contributed by atoms with van der Waals surface area (Å²) < 4.78 is 1.78. The molecule has 1 aliphatic heterocycles. The summed E-state index contributed by atoms with van der Waals surface area (Å²) in [6.07, 6.45) is 4.18. The number of aliphatic hydroxyl groups is 1. The zero-order valence-corrected chi connectivity index (χ0v) is 21.5. The van der Waals surface area contributed by atoms with E-state index in [4.69, 9.17) is 17.3 Å². The Morgan fingerprint density at radius 3 is 2.62 bits per heavy atom. The monoisotopic (exact) mass is 538 g/mol. The van der Waals surface area contributed by atoms with Crippen LogP contribution in [0.5, 0.6) is 0 Å². The first-order valence-electron chi connectivity index (χ1n) is 11.8. The number of thiocarbonyl (C=S) groups is 1. The Kier molecular flexibility index (Phi) is 8.70. The predicted molar refractivity (Wildman–Crippen MR) is 147 cm³/mol. The Hall–Kier alpha value is -3.54. The first kappa shape index (κ1) is 26.5. The third-order valence-corrected chi connectivity index (χ3v) is 7.22. The SMILES string of the molecule is O=C(O)CCCCCN1C(=O)/C(=C/c2c(NCC(O)c3ccccc3)nc3ccccn3c2=O)SC1=S. The smallest absolute Gasteiger partial charge is 0.303 e. The molecule has 1 fully saturated rings. The molecule has 1 aliphatic rings. The molecule has 0 bridgehead atoms. The summed E-state index contributed by atoms with van der Waals surface area (Å²) in [5.74, 6) is -0.893. The van der Waals surface area contributed by atoms with Crippen molar-refractivity contribution >= 4 is 57.7 Å². The van der Waals surface area contributed by atoms with Gasteiger partial charge in [-0.25, -0.2) is 4.98 Å². The Morgan fingerprint density at radius 1 is 1.11 bits per heavy atom. The van der Waals surface area contributed by atoms with Crippen LogP contribution in [0.3, 0.4) is 0 Å². The minimum absolute atomic E-state index is 0.0892. The average Bonchev–Trinajstić information content (AvgIpc) is 3.16. The molecule has 3 N–H and O–H groups in total. The largest absolute Gasteiger partial charge is 0.481 e. The summed E-state index contributed by atoms with van der Waals surface area (Å²) in [5, 5.41) is 22.5. The van der Waals surface area contributed by atoms with Gasteiger partial charge in [-0.05, 0) is 36.6 Å². The van der Waals surface area contributed by atoms with Gasteiger partial charge in [0.1, 0.15) is 15.8 Å². The Balaban J connectivity index is 1.58. The number of thioether (sulfide) groups is 1. The highest BCUT2D eigenvalue weighted by Crippen LogP contribution is 2.33. The highest BCUT2D eigenvalue weighted by atomic mass is 32.2. The number of benzene rings is 1. The lowest BCUT2D eigenvalue weighted by atomic mass is 10.1. The van der Waals surface area contributed by atoms with Gasteiger partial charge >= 0.3 is 5.97 Å². The zero-order valence-electron chi connectivity index (χ0n) is 19.9. The molecule has 0 aliphatic carbocycles. The number of carboxylic acid groups (broad SMARTS) is 1. The van der Waals surface area contributed by atoms with Crippen LogP contribution in [0.1, 0.15) is 42.9 Å². The number of hydrogen-bond acceptors (Lipinski definition) is 8. The number of hydrogen-bond donors (Lipinski definition) is 3. The summed E-state index contributed by atoms with van der Waals surface area (Å²) in [6, 6.07) is 14.3. The van der Waals surface area contributed by atoms with Crippen molar-refractivity contribution in [1.82, 2.24) is 14.3 Å². The van der Waals surface area contributed by atoms with Crippen molar-refractivity contribution in [3.8, 4) is 0 Å². The molecule has 0 saturated carbocycles. The number of unbranched alkanes of at least 4 members (excludes halogenated alkanes) is 2. The van der Waals surface area contributed by atoms with E-state index in [1.54, 1.807) is 24.4 Å². The fraction of sp³-hybridized carbons (Fsp3) is 0.269. The Morgan fingerprint density at radius 2 is 1.86 bits per heavy atom. The summed E-state index contributed by atoms with van der Waals surface area (Å²) in [6.45, 7) is 0.489. The summed E-state index contributed by atoms with van der Waals surface area (Å²) in [4.78, 5) is 43.5. The lowest BCUT2D eigenvalue weighted by molar-refractivity contribution is -0.137. The minimum Gasteiger partial charge on any atom is -0.481 e. The number of aliphatic hydroxyl groups excluding tert-OH is 1. The third-order valence-electron chi connectivity index (χ3n) is 5.84. The van der Waals surface area contributed by atoms with Crippen LogP contribution >= 0.6 is 24.0 Å². The molecule has 37 heavy (non-hydrogen) atoms. The van der Waals surface area contributed by atoms with Crippen LogP contribution in [0.25, 0.3) is 11.7 Å².